The van der Waals surface area contributed by atoms with Crippen LogP contribution in [0.25, 0.3) is 21.8 Å². The van der Waals surface area contributed by atoms with E-state index in [1.165, 1.54) is 6.20 Å². The molecule has 78 valence electrons. The van der Waals surface area contributed by atoms with Gasteiger partial charge in [0.05, 0.1) is 22.2 Å². The summed E-state index contributed by atoms with van der Waals surface area (Å²) in [6, 6.07) is 5.31. The first-order valence-corrected chi connectivity index (χ1v) is 4.93. The van der Waals surface area contributed by atoms with Crippen LogP contribution in [0.4, 0.5) is 0 Å². The fourth-order valence-electron chi connectivity index (χ4n) is 1.62. The van der Waals surface area contributed by atoms with E-state index >= 15 is 0 Å². The van der Waals surface area contributed by atoms with E-state index in [0.29, 0.717) is 20.8 Å². The molecule has 3 aromatic rings. The number of hydrogen-bond acceptors (Lipinski definition) is 4. The van der Waals surface area contributed by atoms with E-state index in [4.69, 9.17) is 11.6 Å². The van der Waals surface area contributed by atoms with E-state index in [1.807, 2.05) is 0 Å². The Hall–Kier alpha value is -2.01. The Morgan fingerprint density at radius 2 is 2.06 bits per heavy atom. The van der Waals surface area contributed by atoms with Crippen molar-refractivity contribution in [2.45, 2.75) is 0 Å². The lowest BCUT2D eigenvalue weighted by molar-refractivity contribution is -0.673. The van der Waals surface area contributed by atoms with Gasteiger partial charge in [0, 0.05) is 10.4 Å². The Morgan fingerprint density at radius 3 is 2.94 bits per heavy atom. The molecule has 2 aromatic heterocycles. The number of benzene rings is 1. The lowest BCUT2D eigenvalue weighted by atomic mass is 10.1. The summed E-state index contributed by atoms with van der Waals surface area (Å²) >= 11 is 5.91. The Morgan fingerprint density at radius 1 is 1.19 bits per heavy atom. The van der Waals surface area contributed by atoms with Crippen molar-refractivity contribution in [3.8, 4) is 0 Å². The van der Waals surface area contributed by atoms with Crippen LogP contribution in [-0.4, -0.2) is 15.3 Å². The fourth-order valence-corrected chi connectivity index (χ4v) is 1.79. The molecule has 16 heavy (non-hydrogen) atoms. The molecule has 0 bridgehead atoms. The number of fused-ring (bicyclic) bond motifs is 3. The van der Waals surface area contributed by atoms with Gasteiger partial charge in [-0.2, -0.15) is 0 Å². The predicted octanol–water partition coefficient (Wildman–Crippen LogP) is 1.46. The van der Waals surface area contributed by atoms with Crippen LogP contribution in [0.5, 0.6) is 0 Å². The molecule has 0 atom stereocenters. The summed E-state index contributed by atoms with van der Waals surface area (Å²) in [7, 11) is 0. The van der Waals surface area contributed by atoms with Crippen molar-refractivity contribution >= 4 is 33.4 Å². The van der Waals surface area contributed by atoms with Crippen molar-refractivity contribution < 1.29 is 4.85 Å². The number of rotatable bonds is 0. The molecule has 0 aliphatic heterocycles. The van der Waals surface area contributed by atoms with Gasteiger partial charge in [-0.1, -0.05) is 11.6 Å². The minimum absolute atomic E-state index is 0.419. The van der Waals surface area contributed by atoms with Gasteiger partial charge in [0.25, 0.3) is 0 Å². The van der Waals surface area contributed by atoms with Crippen molar-refractivity contribution in [3.05, 3.63) is 40.8 Å². The third-order valence-corrected chi connectivity index (χ3v) is 2.57. The van der Waals surface area contributed by atoms with Gasteiger partial charge in [-0.15, -0.1) is 4.85 Å². The highest BCUT2D eigenvalue weighted by Crippen LogP contribution is 2.23. The van der Waals surface area contributed by atoms with E-state index in [0.717, 1.165) is 10.9 Å². The molecule has 0 saturated carbocycles. The predicted molar refractivity (Wildman–Crippen MR) is 58.8 cm³/mol. The first-order valence-electron chi connectivity index (χ1n) is 4.55. The molecule has 1 aromatic carbocycles. The normalized spacial score (nSPS) is 11.1. The van der Waals surface area contributed by atoms with Crippen LogP contribution in [0.2, 0.25) is 5.02 Å². The van der Waals surface area contributed by atoms with Crippen LogP contribution in [0.15, 0.2) is 30.6 Å². The molecule has 0 saturated heterocycles. The Labute approximate surface area is 94.9 Å². The maximum atomic E-state index is 11.1. The number of halogens is 1. The van der Waals surface area contributed by atoms with Crippen LogP contribution < -0.4 is 4.85 Å². The van der Waals surface area contributed by atoms with E-state index in [-0.39, 0.29) is 0 Å². The standard InChI is InChI=1S/C10H5ClN4O/c11-6-1-2-9-7(3-6)8-5-15(16)14-13-10(8)4-12-9/h1-5H. The summed E-state index contributed by atoms with van der Waals surface area (Å²) in [5.74, 6) is 0. The second-order valence-corrected chi connectivity index (χ2v) is 3.78. The summed E-state index contributed by atoms with van der Waals surface area (Å²) in [6.45, 7) is 0. The molecule has 0 aliphatic carbocycles. The van der Waals surface area contributed by atoms with Gasteiger partial charge in [0.15, 0.2) is 0 Å². The van der Waals surface area contributed by atoms with Crippen LogP contribution in [0.3, 0.4) is 0 Å². The van der Waals surface area contributed by atoms with Crippen molar-refractivity contribution in [2.75, 3.05) is 0 Å². The van der Waals surface area contributed by atoms with Gasteiger partial charge < -0.3 is 5.21 Å². The minimum atomic E-state index is 0.419. The van der Waals surface area contributed by atoms with Crippen LogP contribution in [-0.2, 0) is 0 Å². The Bertz CT molecular complexity index is 640. The summed E-state index contributed by atoms with van der Waals surface area (Å²) in [4.78, 5) is 4.63. The molecule has 2 heterocycles. The minimum Gasteiger partial charge on any atom is -0.691 e. The van der Waals surface area contributed by atoms with Gasteiger partial charge in [-0.05, 0) is 18.2 Å². The average Bonchev–Trinajstić information content (AvgIpc) is 2.29. The molecule has 0 radical (unpaired) electrons. The quantitative estimate of drug-likeness (QED) is 0.334. The third kappa shape index (κ3) is 1.33. The summed E-state index contributed by atoms with van der Waals surface area (Å²) in [6.07, 6.45) is 2.95. The second kappa shape index (κ2) is 3.24. The number of aromatic nitrogens is 4. The molecular formula is C10H5ClN4O. The first kappa shape index (κ1) is 9.23. The first-order chi connectivity index (χ1) is 7.74. The van der Waals surface area contributed by atoms with Gasteiger partial charge in [-0.3, -0.25) is 4.98 Å². The lowest BCUT2D eigenvalue weighted by Gasteiger charge is -2.01. The van der Waals surface area contributed by atoms with Crippen molar-refractivity contribution in [1.82, 2.24) is 15.3 Å². The summed E-state index contributed by atoms with van der Waals surface area (Å²) < 4.78 is 0. The van der Waals surface area contributed by atoms with Gasteiger partial charge >= 0.3 is 0 Å². The second-order valence-electron chi connectivity index (χ2n) is 3.34. The molecule has 0 N–H and O–H groups in total. The average molecular weight is 233 g/mol. The van der Waals surface area contributed by atoms with Crippen LogP contribution in [0, 0.1) is 5.21 Å². The summed E-state index contributed by atoms with van der Waals surface area (Å²) in [5, 5.41) is 20.3. The summed E-state index contributed by atoms with van der Waals surface area (Å²) in [5.41, 5.74) is 1.34. The highest BCUT2D eigenvalue weighted by atomic mass is 35.5. The number of hydrogen-bond donors (Lipinski definition) is 0. The molecule has 5 nitrogen and oxygen atoms in total. The molecule has 0 amide bonds. The van der Waals surface area contributed by atoms with E-state index in [9.17, 15) is 5.21 Å². The third-order valence-electron chi connectivity index (χ3n) is 2.33. The van der Waals surface area contributed by atoms with Crippen molar-refractivity contribution in [3.63, 3.8) is 0 Å². The van der Waals surface area contributed by atoms with E-state index < -0.39 is 0 Å². The maximum Gasteiger partial charge on any atom is 0.233 e. The highest BCUT2D eigenvalue weighted by Gasteiger charge is 2.08. The fraction of sp³-hybridized carbons (Fsp3) is 0. The zero-order valence-corrected chi connectivity index (χ0v) is 8.72. The zero-order valence-electron chi connectivity index (χ0n) is 7.96. The Balaban J connectivity index is 2.55. The number of pyridine rings is 1. The van der Waals surface area contributed by atoms with E-state index in [1.54, 1.807) is 24.4 Å². The van der Waals surface area contributed by atoms with Gasteiger partial charge in [0.2, 0.25) is 5.52 Å². The lowest BCUT2D eigenvalue weighted by Crippen LogP contribution is -2.31. The van der Waals surface area contributed by atoms with Crippen LogP contribution in [0.1, 0.15) is 0 Å². The topological polar surface area (TPSA) is 65.6 Å². The smallest absolute Gasteiger partial charge is 0.233 e. The monoisotopic (exact) mass is 232 g/mol. The molecule has 0 aliphatic rings. The molecule has 0 fully saturated rings. The van der Waals surface area contributed by atoms with Crippen LogP contribution >= 0.6 is 11.6 Å². The molecule has 3 rings (SSSR count). The van der Waals surface area contributed by atoms with Gasteiger partial charge in [-0.25, -0.2) is 0 Å². The van der Waals surface area contributed by atoms with E-state index in [2.05, 4.69) is 15.3 Å². The molecule has 6 heteroatoms. The molecular weight excluding hydrogens is 228 g/mol. The Kier molecular flexibility index (Phi) is 1.87. The maximum absolute atomic E-state index is 11.1. The van der Waals surface area contributed by atoms with Gasteiger partial charge in [0.1, 0.15) is 11.4 Å². The SMILES string of the molecule is [O-][n+]1cc2c(cnc3ccc(Cl)cc32)nn1. The molecule has 0 spiro atoms. The van der Waals surface area contributed by atoms with Crippen molar-refractivity contribution in [1.29, 1.82) is 0 Å². The highest BCUT2D eigenvalue weighted by molar-refractivity contribution is 6.31. The zero-order chi connectivity index (χ0) is 11.1. The number of nitrogens with zero attached hydrogens (tertiary/aromatic N) is 4. The molecule has 0 unspecified atom stereocenters. The largest absolute Gasteiger partial charge is 0.691 e. The van der Waals surface area contributed by atoms with Crippen molar-refractivity contribution in [2.24, 2.45) is 0 Å².